The van der Waals surface area contributed by atoms with E-state index >= 15 is 13.2 Å². The molecule has 0 aliphatic carbocycles. The zero-order valence-electron chi connectivity index (χ0n) is 25.5. The molecule has 1 amide bonds. The summed E-state index contributed by atoms with van der Waals surface area (Å²) in [5, 5.41) is 12.1. The van der Waals surface area contributed by atoms with Gasteiger partial charge in [0.15, 0.2) is 0 Å². The summed E-state index contributed by atoms with van der Waals surface area (Å²) in [6, 6.07) is 22.2. The van der Waals surface area contributed by atoms with Gasteiger partial charge in [0.05, 0.1) is 5.41 Å². The van der Waals surface area contributed by atoms with Gasteiger partial charge in [-0.1, -0.05) is 78.9 Å². The van der Waals surface area contributed by atoms with Crippen LogP contribution in [0.4, 0.5) is 49.6 Å². The van der Waals surface area contributed by atoms with E-state index in [2.05, 4.69) is 5.32 Å². The number of halogens is 10. The number of carbonyl (C=O) groups excluding carboxylic acids is 1. The second-order valence-electron chi connectivity index (χ2n) is 11.4. The topological polar surface area (TPSA) is 49.3 Å². The van der Waals surface area contributed by atoms with Crippen LogP contribution in [0.5, 0.6) is 0 Å². The Labute approximate surface area is 278 Å². The molecule has 5 aromatic carbocycles. The Balaban J connectivity index is 1.42. The molecule has 2 N–H and O–H groups in total. The first-order valence-corrected chi connectivity index (χ1v) is 14.8. The summed E-state index contributed by atoms with van der Waals surface area (Å²) in [4.78, 5) is 13.3. The third kappa shape index (κ3) is 6.57. The molecule has 0 aromatic heterocycles. The second-order valence-corrected chi connectivity index (χ2v) is 11.4. The number of hydrogen-bond acceptors (Lipinski definition) is 2. The molecule has 0 fully saturated rings. The Morgan fingerprint density at radius 1 is 0.580 bits per heavy atom. The molecule has 5 aromatic rings. The Morgan fingerprint density at radius 3 is 1.42 bits per heavy atom. The predicted molar refractivity (Wildman–Crippen MR) is 165 cm³/mol. The number of carbonyl (C=O) groups is 1. The van der Waals surface area contributed by atoms with Gasteiger partial charge in [-0.25, -0.2) is 17.6 Å². The van der Waals surface area contributed by atoms with E-state index < -0.39 is 70.1 Å². The van der Waals surface area contributed by atoms with Crippen LogP contribution in [-0.2, 0) is 15.8 Å². The molecule has 0 saturated heterocycles. The Hall–Kier alpha value is -5.17. The van der Waals surface area contributed by atoms with Crippen LogP contribution in [0.2, 0.25) is 0 Å². The Kier molecular flexibility index (Phi) is 9.84. The van der Waals surface area contributed by atoms with Gasteiger partial charge in [0.25, 0.3) is 5.60 Å². The molecule has 0 atom stereocenters. The number of benzene rings is 5. The molecule has 3 nitrogen and oxygen atoms in total. The van der Waals surface area contributed by atoms with Crippen LogP contribution in [-0.4, -0.2) is 23.4 Å². The van der Waals surface area contributed by atoms with E-state index in [9.17, 15) is 40.6 Å². The lowest BCUT2D eigenvalue weighted by Gasteiger charge is -2.36. The van der Waals surface area contributed by atoms with E-state index in [1.54, 1.807) is 0 Å². The fraction of sp³-hybridized carbons (Fsp3) is 0.162. The van der Waals surface area contributed by atoms with Gasteiger partial charge < -0.3 is 10.4 Å². The van der Waals surface area contributed by atoms with Crippen molar-refractivity contribution in [3.05, 3.63) is 161 Å². The molecule has 0 radical (unpaired) electrons. The molecule has 13 heteroatoms. The summed E-state index contributed by atoms with van der Waals surface area (Å²) in [6.45, 7) is 0. The van der Waals surface area contributed by atoms with E-state index in [-0.39, 0.29) is 40.4 Å². The number of alkyl halides is 6. The van der Waals surface area contributed by atoms with Crippen LogP contribution < -0.4 is 5.32 Å². The Morgan fingerprint density at radius 2 is 1.02 bits per heavy atom. The van der Waals surface area contributed by atoms with Crippen molar-refractivity contribution < 1.29 is 53.8 Å². The molecule has 5 rings (SSSR count). The lowest BCUT2D eigenvalue weighted by Crippen LogP contribution is -2.53. The smallest absolute Gasteiger partial charge is 0.369 e. The van der Waals surface area contributed by atoms with E-state index in [0.717, 1.165) is 18.2 Å². The van der Waals surface area contributed by atoms with Crippen LogP contribution in [0, 0.1) is 23.3 Å². The standard InChI is InChI=1S/C37H25F10NO2/c38-29-10-4-1-7-26(29)34(27-8-2-5-11-30(27)39,28-9-3-6-12-31(28)40)20-19-33(49)48-24-16-13-22(14-17-24)25-18-15-23(21-32(25)41)35(50,36(42,43)44)37(45,46)47/h1-18,21,50H,19-20H2,(H,48,49). The molecular formula is C37H25F10NO2. The predicted octanol–water partition coefficient (Wildman–Crippen LogP) is 9.98. The van der Waals surface area contributed by atoms with Crippen LogP contribution in [0.25, 0.3) is 11.1 Å². The summed E-state index contributed by atoms with van der Waals surface area (Å²) < 4.78 is 141. The zero-order valence-corrected chi connectivity index (χ0v) is 25.5. The van der Waals surface area contributed by atoms with E-state index in [4.69, 9.17) is 0 Å². The highest BCUT2D eigenvalue weighted by atomic mass is 19.4. The molecule has 0 spiro atoms. The second kappa shape index (κ2) is 13.6. The molecule has 0 aliphatic heterocycles. The summed E-state index contributed by atoms with van der Waals surface area (Å²) in [7, 11) is 0. The van der Waals surface area contributed by atoms with Gasteiger partial charge in [0.2, 0.25) is 5.91 Å². The van der Waals surface area contributed by atoms with Gasteiger partial charge in [-0.2, -0.15) is 26.3 Å². The van der Waals surface area contributed by atoms with E-state index in [1.807, 2.05) is 0 Å². The van der Waals surface area contributed by atoms with Gasteiger partial charge in [-0.15, -0.1) is 0 Å². The minimum absolute atomic E-state index is 0.00674. The number of nitrogens with one attached hydrogen (secondary N) is 1. The van der Waals surface area contributed by atoms with Gasteiger partial charge in [-0.3, -0.25) is 4.79 Å². The molecular weight excluding hydrogens is 680 g/mol. The third-order valence-corrected chi connectivity index (χ3v) is 8.42. The molecule has 0 aliphatic rings. The lowest BCUT2D eigenvalue weighted by atomic mass is 9.66. The highest BCUT2D eigenvalue weighted by molar-refractivity contribution is 5.91. The first-order chi connectivity index (χ1) is 23.5. The van der Waals surface area contributed by atoms with Crippen LogP contribution in [0.15, 0.2) is 115 Å². The van der Waals surface area contributed by atoms with E-state index in [0.29, 0.717) is 12.1 Å². The maximum Gasteiger partial charge on any atom is 0.430 e. The summed E-state index contributed by atoms with van der Waals surface area (Å²) in [6.07, 6.45) is -13.1. The molecule has 0 bridgehead atoms. The lowest BCUT2D eigenvalue weighted by molar-refractivity contribution is -0.376. The van der Waals surface area contributed by atoms with Crippen LogP contribution >= 0.6 is 0 Å². The maximum atomic E-state index is 15.5. The molecule has 0 unspecified atom stereocenters. The molecule has 0 saturated carbocycles. The highest BCUT2D eigenvalue weighted by Gasteiger charge is 2.71. The monoisotopic (exact) mass is 705 g/mol. The summed E-state index contributed by atoms with van der Waals surface area (Å²) in [5.74, 6) is -4.46. The number of amides is 1. The van der Waals surface area contributed by atoms with Crippen molar-refractivity contribution in [2.45, 2.75) is 36.2 Å². The van der Waals surface area contributed by atoms with Crippen molar-refractivity contribution in [3.63, 3.8) is 0 Å². The largest absolute Gasteiger partial charge is 0.430 e. The van der Waals surface area contributed by atoms with Crippen molar-refractivity contribution >= 4 is 11.6 Å². The van der Waals surface area contributed by atoms with Crippen molar-refractivity contribution in [2.24, 2.45) is 0 Å². The quantitative estimate of drug-likeness (QED) is 0.119. The van der Waals surface area contributed by atoms with Crippen LogP contribution in [0.3, 0.4) is 0 Å². The summed E-state index contributed by atoms with van der Waals surface area (Å²) in [5.41, 5.74) is -9.38. The third-order valence-electron chi connectivity index (χ3n) is 8.42. The number of rotatable bonds is 9. The Bertz CT molecular complexity index is 1880. The highest BCUT2D eigenvalue weighted by Crippen LogP contribution is 2.51. The minimum Gasteiger partial charge on any atom is -0.369 e. The zero-order chi connectivity index (χ0) is 36.5. The van der Waals surface area contributed by atoms with Gasteiger partial charge >= 0.3 is 12.4 Å². The van der Waals surface area contributed by atoms with Crippen molar-refractivity contribution in [3.8, 4) is 11.1 Å². The summed E-state index contributed by atoms with van der Waals surface area (Å²) >= 11 is 0. The van der Waals surface area contributed by atoms with Crippen LogP contribution in [0.1, 0.15) is 35.1 Å². The molecule has 50 heavy (non-hydrogen) atoms. The average molecular weight is 706 g/mol. The van der Waals surface area contributed by atoms with Crippen molar-refractivity contribution in [1.29, 1.82) is 0 Å². The SMILES string of the molecule is O=C(CCC(c1ccccc1F)(c1ccccc1F)c1ccccc1F)Nc1ccc(-c2ccc(C(O)(C(F)(F)F)C(F)(F)F)cc2F)cc1. The fourth-order valence-corrected chi connectivity index (χ4v) is 5.98. The molecule has 260 valence electrons. The van der Waals surface area contributed by atoms with Crippen molar-refractivity contribution in [1.82, 2.24) is 0 Å². The normalized spacial score (nSPS) is 12.5. The number of hydrogen-bond donors (Lipinski definition) is 2. The first kappa shape index (κ1) is 36.1. The van der Waals surface area contributed by atoms with E-state index in [1.165, 1.54) is 78.9 Å². The fourth-order valence-electron chi connectivity index (χ4n) is 5.98. The average Bonchev–Trinajstić information content (AvgIpc) is 3.06. The minimum atomic E-state index is -6.20. The number of aliphatic hydroxyl groups is 1. The molecule has 0 heterocycles. The van der Waals surface area contributed by atoms with Crippen molar-refractivity contribution in [2.75, 3.05) is 5.32 Å². The van der Waals surface area contributed by atoms with Gasteiger partial charge in [0.1, 0.15) is 23.3 Å². The van der Waals surface area contributed by atoms with Gasteiger partial charge in [0, 0.05) is 39.9 Å². The maximum absolute atomic E-state index is 15.5. The first-order valence-electron chi connectivity index (χ1n) is 14.8. The van der Waals surface area contributed by atoms with Gasteiger partial charge in [-0.05, 0) is 48.4 Å². The number of anilines is 1.